The third-order valence-electron chi connectivity index (χ3n) is 3.22. The molecule has 0 unspecified atom stereocenters. The van der Waals surface area contributed by atoms with Crippen LogP contribution in [0.1, 0.15) is 33.6 Å². The van der Waals surface area contributed by atoms with Gasteiger partial charge in [0.15, 0.2) is 0 Å². The van der Waals surface area contributed by atoms with E-state index in [-0.39, 0.29) is 0 Å². The summed E-state index contributed by atoms with van der Waals surface area (Å²) in [7, 11) is 0. The highest BCUT2D eigenvalue weighted by Crippen LogP contribution is 2.21. The molecule has 0 saturated heterocycles. The second kappa shape index (κ2) is 3.61. The lowest BCUT2D eigenvalue weighted by molar-refractivity contribution is 1.09. The van der Waals surface area contributed by atoms with Crippen LogP contribution in [0.3, 0.4) is 0 Å². The normalized spacial score (nSPS) is 10.9. The molecule has 0 spiro atoms. The SMILES string of the molecule is Cc1c[nH]c(C)c1Cc1c(C)c[nH]c1C. The summed E-state index contributed by atoms with van der Waals surface area (Å²) in [6, 6.07) is 0. The Morgan fingerprint density at radius 3 is 1.47 bits per heavy atom. The second-order valence-electron chi connectivity index (χ2n) is 4.33. The lowest BCUT2D eigenvalue weighted by Crippen LogP contribution is -1.94. The van der Waals surface area contributed by atoms with Gasteiger partial charge in [-0.2, -0.15) is 0 Å². The van der Waals surface area contributed by atoms with Crippen molar-refractivity contribution in [3.63, 3.8) is 0 Å². The van der Waals surface area contributed by atoms with Crippen LogP contribution < -0.4 is 0 Å². The van der Waals surface area contributed by atoms with E-state index < -0.39 is 0 Å². The third kappa shape index (κ3) is 1.72. The molecule has 2 nitrogen and oxygen atoms in total. The van der Waals surface area contributed by atoms with Gasteiger partial charge in [-0.3, -0.25) is 0 Å². The summed E-state index contributed by atoms with van der Waals surface area (Å²) in [5.41, 5.74) is 8.14. The minimum Gasteiger partial charge on any atom is -0.365 e. The largest absolute Gasteiger partial charge is 0.365 e. The molecule has 0 bridgehead atoms. The predicted molar refractivity (Wildman–Crippen MR) is 63.3 cm³/mol. The Bertz CT molecular complexity index is 391. The molecule has 0 atom stereocenters. The molecule has 0 radical (unpaired) electrons. The summed E-state index contributed by atoms with van der Waals surface area (Å²) in [5.74, 6) is 0. The fraction of sp³-hybridized carbons (Fsp3) is 0.385. The number of aromatic amines is 2. The van der Waals surface area contributed by atoms with Gasteiger partial charge < -0.3 is 9.97 Å². The first-order valence-electron chi connectivity index (χ1n) is 5.36. The minimum atomic E-state index is 1.03. The summed E-state index contributed by atoms with van der Waals surface area (Å²) in [5, 5.41) is 0. The van der Waals surface area contributed by atoms with E-state index in [1.54, 1.807) is 0 Å². The van der Waals surface area contributed by atoms with E-state index in [4.69, 9.17) is 0 Å². The molecule has 2 rings (SSSR count). The van der Waals surface area contributed by atoms with Gasteiger partial charge in [-0.1, -0.05) is 0 Å². The molecule has 2 aromatic rings. The van der Waals surface area contributed by atoms with E-state index >= 15 is 0 Å². The van der Waals surface area contributed by atoms with E-state index in [0.29, 0.717) is 0 Å². The van der Waals surface area contributed by atoms with E-state index in [2.05, 4.69) is 50.1 Å². The van der Waals surface area contributed by atoms with Gasteiger partial charge in [0.2, 0.25) is 0 Å². The van der Waals surface area contributed by atoms with Crippen molar-refractivity contribution >= 4 is 0 Å². The maximum atomic E-state index is 3.28. The van der Waals surface area contributed by atoms with Crippen LogP contribution in [-0.2, 0) is 6.42 Å². The number of hydrogen-bond donors (Lipinski definition) is 2. The first-order chi connectivity index (χ1) is 7.09. The molecule has 0 aliphatic rings. The van der Waals surface area contributed by atoms with Crippen molar-refractivity contribution in [1.29, 1.82) is 0 Å². The van der Waals surface area contributed by atoms with Crippen LogP contribution in [-0.4, -0.2) is 9.97 Å². The molecule has 0 fully saturated rings. The van der Waals surface area contributed by atoms with Gasteiger partial charge in [0, 0.05) is 30.2 Å². The molecule has 0 aromatic carbocycles. The van der Waals surface area contributed by atoms with Gasteiger partial charge in [-0.15, -0.1) is 0 Å². The predicted octanol–water partition coefficient (Wildman–Crippen LogP) is 3.17. The zero-order valence-electron chi connectivity index (χ0n) is 9.86. The van der Waals surface area contributed by atoms with Crippen LogP contribution in [0.4, 0.5) is 0 Å². The van der Waals surface area contributed by atoms with Crippen molar-refractivity contribution in [1.82, 2.24) is 9.97 Å². The number of rotatable bonds is 2. The van der Waals surface area contributed by atoms with E-state index in [0.717, 1.165) is 6.42 Å². The fourth-order valence-electron chi connectivity index (χ4n) is 2.09. The van der Waals surface area contributed by atoms with Gasteiger partial charge in [0.1, 0.15) is 0 Å². The Morgan fingerprint density at radius 2 is 1.20 bits per heavy atom. The van der Waals surface area contributed by atoms with E-state index in [1.807, 2.05) is 0 Å². The standard InChI is InChI=1S/C13H18N2/c1-8-6-14-10(3)12(8)5-13-9(2)7-15-11(13)4/h6-7,14-15H,5H2,1-4H3. The first kappa shape index (κ1) is 10.1. The van der Waals surface area contributed by atoms with E-state index in [9.17, 15) is 0 Å². The van der Waals surface area contributed by atoms with Crippen LogP contribution in [0, 0.1) is 27.7 Å². The van der Waals surface area contributed by atoms with Gasteiger partial charge >= 0.3 is 0 Å². The zero-order valence-corrected chi connectivity index (χ0v) is 9.86. The molecule has 2 aromatic heterocycles. The summed E-state index contributed by atoms with van der Waals surface area (Å²) < 4.78 is 0. The van der Waals surface area contributed by atoms with Gasteiger partial charge in [0.05, 0.1) is 0 Å². The topological polar surface area (TPSA) is 31.6 Å². The molecular formula is C13H18N2. The van der Waals surface area contributed by atoms with Crippen LogP contribution in [0.5, 0.6) is 0 Å². The molecule has 0 aliphatic heterocycles. The number of nitrogens with one attached hydrogen (secondary N) is 2. The van der Waals surface area contributed by atoms with Crippen molar-refractivity contribution in [2.24, 2.45) is 0 Å². The highest BCUT2D eigenvalue weighted by atomic mass is 14.7. The zero-order chi connectivity index (χ0) is 11.0. The average Bonchev–Trinajstić information content (AvgIpc) is 2.67. The van der Waals surface area contributed by atoms with Gasteiger partial charge in [-0.25, -0.2) is 0 Å². The quantitative estimate of drug-likeness (QED) is 0.749. The summed E-state index contributed by atoms with van der Waals surface area (Å²) in [4.78, 5) is 6.56. The van der Waals surface area contributed by atoms with Crippen molar-refractivity contribution in [3.05, 3.63) is 46.0 Å². The molecular weight excluding hydrogens is 184 g/mol. The van der Waals surface area contributed by atoms with Crippen LogP contribution >= 0.6 is 0 Å². The lowest BCUT2D eigenvalue weighted by atomic mass is 10.0. The van der Waals surface area contributed by atoms with Crippen molar-refractivity contribution in [3.8, 4) is 0 Å². The molecule has 15 heavy (non-hydrogen) atoms. The summed E-state index contributed by atoms with van der Waals surface area (Å²) in [6.07, 6.45) is 5.20. The van der Waals surface area contributed by atoms with Crippen molar-refractivity contribution in [2.45, 2.75) is 34.1 Å². The monoisotopic (exact) mass is 202 g/mol. The Balaban J connectivity index is 2.37. The van der Waals surface area contributed by atoms with Crippen LogP contribution in [0.2, 0.25) is 0 Å². The van der Waals surface area contributed by atoms with Crippen molar-refractivity contribution < 1.29 is 0 Å². The first-order valence-corrected chi connectivity index (χ1v) is 5.36. The number of hydrogen-bond acceptors (Lipinski definition) is 0. The molecule has 2 heterocycles. The Hall–Kier alpha value is -1.44. The molecule has 80 valence electrons. The molecule has 2 N–H and O–H groups in total. The number of aryl methyl sites for hydroxylation is 4. The Morgan fingerprint density at radius 1 is 0.800 bits per heavy atom. The maximum absolute atomic E-state index is 3.28. The maximum Gasteiger partial charge on any atom is 0.0154 e. The summed E-state index contributed by atoms with van der Waals surface area (Å²) >= 11 is 0. The highest BCUT2D eigenvalue weighted by Gasteiger charge is 2.10. The molecule has 0 saturated carbocycles. The molecule has 2 heteroatoms. The minimum absolute atomic E-state index is 1.03. The fourth-order valence-corrected chi connectivity index (χ4v) is 2.09. The molecule has 0 aliphatic carbocycles. The average molecular weight is 202 g/mol. The Kier molecular flexibility index (Phi) is 2.43. The van der Waals surface area contributed by atoms with Gasteiger partial charge in [-0.05, 0) is 49.9 Å². The van der Waals surface area contributed by atoms with Gasteiger partial charge in [0.25, 0.3) is 0 Å². The summed E-state index contributed by atoms with van der Waals surface area (Å²) in [6.45, 7) is 8.60. The van der Waals surface area contributed by atoms with Crippen molar-refractivity contribution in [2.75, 3.05) is 0 Å². The van der Waals surface area contributed by atoms with Crippen LogP contribution in [0.25, 0.3) is 0 Å². The van der Waals surface area contributed by atoms with Crippen LogP contribution in [0.15, 0.2) is 12.4 Å². The third-order valence-corrected chi connectivity index (χ3v) is 3.22. The second-order valence-corrected chi connectivity index (χ2v) is 4.33. The number of H-pyrrole nitrogens is 2. The highest BCUT2D eigenvalue weighted by molar-refractivity contribution is 5.39. The smallest absolute Gasteiger partial charge is 0.0154 e. The number of aromatic nitrogens is 2. The van der Waals surface area contributed by atoms with E-state index in [1.165, 1.54) is 33.6 Å². The molecule has 0 amide bonds. The lowest BCUT2D eigenvalue weighted by Gasteiger charge is -2.04. The Labute approximate surface area is 90.7 Å².